The molecule has 0 aromatic rings. The summed E-state index contributed by atoms with van der Waals surface area (Å²) in [6.07, 6.45) is -0.515. The van der Waals surface area contributed by atoms with E-state index in [1.165, 1.54) is 4.90 Å². The Morgan fingerprint density at radius 3 is 2.71 bits per heavy atom. The van der Waals surface area contributed by atoms with Gasteiger partial charge in [0.1, 0.15) is 6.04 Å². The van der Waals surface area contributed by atoms with Gasteiger partial charge >= 0.3 is 0 Å². The van der Waals surface area contributed by atoms with Gasteiger partial charge in [-0.3, -0.25) is 9.59 Å². The van der Waals surface area contributed by atoms with Gasteiger partial charge in [0.15, 0.2) is 0 Å². The molecule has 0 aliphatic carbocycles. The fraction of sp³-hybridized carbons (Fsp3) is 0.500. The van der Waals surface area contributed by atoms with E-state index < -0.39 is 24.0 Å². The van der Waals surface area contributed by atoms with E-state index in [0.29, 0.717) is 0 Å². The molecule has 0 radical (unpaired) electrons. The number of likely N-dealkylation sites (tertiary alicyclic amines) is 1. The first-order valence-electron chi connectivity index (χ1n) is 3.96. The SMILES string of the molecule is NC(=O)C1CC(O)CN1C(=O)C#CBr. The number of carbonyl (C=O) groups excluding carboxylic acids is 2. The number of amides is 2. The van der Waals surface area contributed by atoms with Crippen LogP contribution in [0.1, 0.15) is 6.42 Å². The molecule has 5 nitrogen and oxygen atoms in total. The zero-order valence-electron chi connectivity index (χ0n) is 7.24. The van der Waals surface area contributed by atoms with Gasteiger partial charge in [-0.25, -0.2) is 0 Å². The van der Waals surface area contributed by atoms with Crippen molar-refractivity contribution in [3.8, 4) is 10.8 Å². The van der Waals surface area contributed by atoms with Crippen molar-refractivity contribution in [2.45, 2.75) is 18.6 Å². The van der Waals surface area contributed by atoms with Gasteiger partial charge in [0.2, 0.25) is 5.91 Å². The van der Waals surface area contributed by atoms with Crippen molar-refractivity contribution in [1.29, 1.82) is 0 Å². The van der Waals surface area contributed by atoms with Crippen LogP contribution in [0.3, 0.4) is 0 Å². The highest BCUT2D eigenvalue weighted by molar-refractivity contribution is 9.12. The third kappa shape index (κ3) is 2.25. The van der Waals surface area contributed by atoms with Gasteiger partial charge in [-0.1, -0.05) is 0 Å². The van der Waals surface area contributed by atoms with Crippen LogP contribution in [0.2, 0.25) is 0 Å². The summed E-state index contributed by atoms with van der Waals surface area (Å²) in [5, 5.41) is 9.27. The molecule has 0 aromatic carbocycles. The van der Waals surface area contributed by atoms with E-state index >= 15 is 0 Å². The number of halogens is 1. The van der Waals surface area contributed by atoms with Crippen molar-refractivity contribution >= 4 is 27.7 Å². The highest BCUT2D eigenvalue weighted by Gasteiger charge is 2.37. The van der Waals surface area contributed by atoms with Crippen LogP contribution in [0.15, 0.2) is 0 Å². The number of nitrogens with zero attached hydrogens (tertiary/aromatic N) is 1. The molecule has 14 heavy (non-hydrogen) atoms. The molecule has 2 atom stereocenters. The monoisotopic (exact) mass is 260 g/mol. The number of aliphatic hydroxyl groups is 1. The third-order valence-corrected chi connectivity index (χ3v) is 2.22. The van der Waals surface area contributed by atoms with E-state index in [4.69, 9.17) is 5.73 Å². The predicted molar refractivity (Wildman–Crippen MR) is 52.0 cm³/mol. The molecule has 1 fully saturated rings. The summed E-state index contributed by atoms with van der Waals surface area (Å²) in [4.78, 5) is 25.7. The first kappa shape index (κ1) is 11.0. The summed E-state index contributed by atoms with van der Waals surface area (Å²) in [7, 11) is 0. The Morgan fingerprint density at radius 1 is 1.57 bits per heavy atom. The molecule has 6 heteroatoms. The minimum atomic E-state index is -0.745. The van der Waals surface area contributed by atoms with E-state index in [2.05, 4.69) is 26.7 Å². The number of β-amino-alcohol motifs (C(OH)–C–C–N with tert-alkyl or cyclic N) is 1. The molecule has 76 valence electrons. The molecule has 0 bridgehead atoms. The van der Waals surface area contributed by atoms with E-state index in [1.54, 1.807) is 0 Å². The fourth-order valence-electron chi connectivity index (χ4n) is 1.42. The predicted octanol–water partition coefficient (Wildman–Crippen LogP) is -1.21. The number of rotatable bonds is 1. The Bertz CT molecular complexity index is 320. The van der Waals surface area contributed by atoms with Crippen LogP contribution in [0, 0.1) is 10.8 Å². The number of primary amides is 1. The van der Waals surface area contributed by atoms with E-state index in [-0.39, 0.29) is 13.0 Å². The summed E-state index contributed by atoms with van der Waals surface area (Å²) in [5.74, 6) is 1.10. The van der Waals surface area contributed by atoms with Crippen molar-refractivity contribution < 1.29 is 14.7 Å². The van der Waals surface area contributed by atoms with Crippen LogP contribution in [0.4, 0.5) is 0 Å². The molecule has 1 aliphatic heterocycles. The molecule has 0 spiro atoms. The quantitative estimate of drug-likeness (QED) is 0.581. The average Bonchev–Trinajstić information content (AvgIpc) is 2.48. The summed E-state index contributed by atoms with van der Waals surface area (Å²) in [6, 6.07) is -0.745. The highest BCUT2D eigenvalue weighted by atomic mass is 79.9. The average molecular weight is 261 g/mol. The third-order valence-electron chi connectivity index (χ3n) is 2.02. The largest absolute Gasteiger partial charge is 0.391 e. The summed E-state index contributed by atoms with van der Waals surface area (Å²) >= 11 is 2.78. The van der Waals surface area contributed by atoms with Crippen LogP contribution < -0.4 is 5.73 Å². The Morgan fingerprint density at radius 2 is 2.21 bits per heavy atom. The van der Waals surface area contributed by atoms with Gasteiger partial charge in [0.05, 0.1) is 6.10 Å². The highest BCUT2D eigenvalue weighted by Crippen LogP contribution is 2.17. The summed E-state index contributed by atoms with van der Waals surface area (Å²) < 4.78 is 0. The molecule has 0 aromatic heterocycles. The van der Waals surface area contributed by atoms with Gasteiger partial charge in [-0.05, 0) is 4.83 Å². The molecule has 1 heterocycles. The lowest BCUT2D eigenvalue weighted by molar-refractivity contribution is -0.133. The lowest BCUT2D eigenvalue weighted by Gasteiger charge is -2.18. The van der Waals surface area contributed by atoms with Gasteiger partial charge in [-0.2, -0.15) is 0 Å². The Hall–Kier alpha value is -1.06. The second-order valence-electron chi connectivity index (χ2n) is 2.98. The van der Waals surface area contributed by atoms with Crippen LogP contribution in [0.25, 0.3) is 0 Å². The number of hydrogen-bond acceptors (Lipinski definition) is 3. The number of hydrogen-bond donors (Lipinski definition) is 2. The maximum atomic E-state index is 11.3. The molecule has 3 N–H and O–H groups in total. The van der Waals surface area contributed by atoms with Crippen LogP contribution in [-0.2, 0) is 9.59 Å². The topological polar surface area (TPSA) is 83.6 Å². The number of carbonyl (C=O) groups is 2. The van der Waals surface area contributed by atoms with Crippen LogP contribution >= 0.6 is 15.9 Å². The van der Waals surface area contributed by atoms with Gasteiger partial charge in [0.25, 0.3) is 5.91 Å². The second-order valence-corrected chi connectivity index (χ2v) is 3.38. The Kier molecular flexibility index (Phi) is 3.49. The minimum absolute atomic E-state index is 0.105. The summed E-state index contributed by atoms with van der Waals surface area (Å²) in [5.41, 5.74) is 5.08. The molecule has 2 amide bonds. The van der Waals surface area contributed by atoms with E-state index in [9.17, 15) is 14.7 Å². The maximum absolute atomic E-state index is 11.3. The molecular weight excluding hydrogens is 252 g/mol. The normalized spacial score (nSPS) is 25.4. The summed E-state index contributed by atoms with van der Waals surface area (Å²) in [6.45, 7) is 0.105. The lowest BCUT2D eigenvalue weighted by Crippen LogP contribution is -2.43. The molecular formula is C8H9BrN2O3. The van der Waals surface area contributed by atoms with Gasteiger partial charge in [-0.15, -0.1) is 0 Å². The second kappa shape index (κ2) is 4.44. The zero-order valence-corrected chi connectivity index (χ0v) is 8.82. The minimum Gasteiger partial charge on any atom is -0.391 e. The van der Waals surface area contributed by atoms with Crippen molar-refractivity contribution in [3.05, 3.63) is 0 Å². The zero-order chi connectivity index (χ0) is 10.7. The fourth-order valence-corrected chi connectivity index (χ4v) is 1.59. The molecule has 2 unspecified atom stereocenters. The Labute approximate surface area is 89.4 Å². The van der Waals surface area contributed by atoms with Crippen molar-refractivity contribution in [2.75, 3.05) is 6.54 Å². The Balaban J connectivity index is 2.79. The molecule has 1 aliphatic rings. The van der Waals surface area contributed by atoms with Crippen LogP contribution in [0.5, 0.6) is 0 Å². The molecule has 1 saturated heterocycles. The van der Waals surface area contributed by atoms with Crippen LogP contribution in [-0.4, -0.2) is 40.5 Å². The van der Waals surface area contributed by atoms with Gasteiger partial charge < -0.3 is 15.7 Å². The first-order chi connectivity index (χ1) is 6.56. The van der Waals surface area contributed by atoms with E-state index in [0.717, 1.165) is 0 Å². The van der Waals surface area contributed by atoms with Gasteiger partial charge in [0, 0.05) is 34.8 Å². The smallest absolute Gasteiger partial charge is 0.300 e. The van der Waals surface area contributed by atoms with E-state index in [1.807, 2.05) is 0 Å². The lowest BCUT2D eigenvalue weighted by atomic mass is 10.2. The molecule has 0 saturated carbocycles. The van der Waals surface area contributed by atoms with Crippen molar-refractivity contribution in [3.63, 3.8) is 0 Å². The van der Waals surface area contributed by atoms with Crippen molar-refractivity contribution in [1.82, 2.24) is 4.90 Å². The maximum Gasteiger partial charge on any atom is 0.300 e. The first-order valence-corrected chi connectivity index (χ1v) is 4.75. The number of aliphatic hydroxyl groups excluding tert-OH is 1. The molecule has 1 rings (SSSR count). The number of nitrogens with two attached hydrogens (primary N) is 1. The standard InChI is InChI=1S/C8H9BrN2O3/c9-2-1-7(13)11-4-5(12)3-6(11)8(10)14/h5-6,12H,3-4H2,(H2,10,14). The van der Waals surface area contributed by atoms with Crippen molar-refractivity contribution in [2.24, 2.45) is 5.73 Å².